The highest BCUT2D eigenvalue weighted by atomic mass is 32.1. The molecular formula is C10H13N3S2. The summed E-state index contributed by atoms with van der Waals surface area (Å²) in [5, 5.41) is 3.22. The summed E-state index contributed by atoms with van der Waals surface area (Å²) < 4.78 is 0. The summed E-state index contributed by atoms with van der Waals surface area (Å²) in [7, 11) is 2.11. The molecule has 2 aromatic rings. The summed E-state index contributed by atoms with van der Waals surface area (Å²) in [6.45, 7) is 3.89. The van der Waals surface area contributed by atoms with Gasteiger partial charge in [-0.1, -0.05) is 0 Å². The molecule has 0 aliphatic rings. The number of aryl methyl sites for hydroxylation is 1. The predicted molar refractivity (Wildman–Crippen MR) is 64.1 cm³/mol. The van der Waals surface area contributed by atoms with Crippen molar-refractivity contribution in [3.05, 3.63) is 32.7 Å². The van der Waals surface area contributed by atoms with Crippen LogP contribution in [-0.2, 0) is 13.1 Å². The van der Waals surface area contributed by atoms with E-state index in [1.54, 1.807) is 22.7 Å². The van der Waals surface area contributed by atoms with Crippen LogP contribution in [0, 0.1) is 6.92 Å². The molecule has 0 unspecified atom stereocenters. The van der Waals surface area contributed by atoms with E-state index in [1.807, 2.05) is 18.6 Å². The van der Waals surface area contributed by atoms with E-state index in [1.165, 1.54) is 4.88 Å². The van der Waals surface area contributed by atoms with E-state index >= 15 is 0 Å². The SMILES string of the molecule is Cc1ncc(CN(C)Cc2cscn2)s1. The maximum absolute atomic E-state index is 4.27. The lowest BCUT2D eigenvalue weighted by atomic mass is 10.4. The number of hydrogen-bond acceptors (Lipinski definition) is 5. The summed E-state index contributed by atoms with van der Waals surface area (Å²) in [6, 6.07) is 0. The Hall–Kier alpha value is -0.780. The van der Waals surface area contributed by atoms with Crippen molar-refractivity contribution in [3.8, 4) is 0 Å². The molecule has 0 spiro atoms. The van der Waals surface area contributed by atoms with Crippen LogP contribution in [0.15, 0.2) is 17.1 Å². The van der Waals surface area contributed by atoms with Gasteiger partial charge in [-0.3, -0.25) is 4.90 Å². The van der Waals surface area contributed by atoms with Gasteiger partial charge in [-0.15, -0.1) is 22.7 Å². The molecule has 0 atom stereocenters. The quantitative estimate of drug-likeness (QED) is 0.821. The van der Waals surface area contributed by atoms with E-state index < -0.39 is 0 Å². The van der Waals surface area contributed by atoms with Gasteiger partial charge in [0.2, 0.25) is 0 Å². The molecule has 3 nitrogen and oxygen atoms in total. The predicted octanol–water partition coefficient (Wildman–Crippen LogP) is 2.54. The lowest BCUT2D eigenvalue weighted by Gasteiger charge is -2.13. The van der Waals surface area contributed by atoms with Crippen molar-refractivity contribution in [2.45, 2.75) is 20.0 Å². The molecule has 0 N–H and O–H groups in total. The van der Waals surface area contributed by atoms with Crippen molar-refractivity contribution >= 4 is 22.7 Å². The minimum Gasteiger partial charge on any atom is -0.295 e. The van der Waals surface area contributed by atoms with Gasteiger partial charge in [-0.25, -0.2) is 9.97 Å². The van der Waals surface area contributed by atoms with Crippen molar-refractivity contribution < 1.29 is 0 Å². The van der Waals surface area contributed by atoms with Crippen LogP contribution in [0.4, 0.5) is 0 Å². The Kier molecular flexibility index (Phi) is 3.45. The van der Waals surface area contributed by atoms with E-state index in [2.05, 4.69) is 27.3 Å². The number of nitrogens with zero attached hydrogens (tertiary/aromatic N) is 3. The van der Waals surface area contributed by atoms with Crippen molar-refractivity contribution in [1.82, 2.24) is 14.9 Å². The first-order valence-electron chi connectivity index (χ1n) is 4.71. The standard InChI is InChI=1S/C10H13N3S2/c1-8-11-3-10(15-8)5-13(2)4-9-6-14-7-12-9/h3,6-7H,4-5H2,1-2H3. The molecule has 0 saturated heterocycles. The van der Waals surface area contributed by atoms with Crippen molar-refractivity contribution in [1.29, 1.82) is 0 Å². The molecule has 0 aromatic carbocycles. The molecule has 0 fully saturated rings. The number of hydrogen-bond donors (Lipinski definition) is 0. The summed E-state index contributed by atoms with van der Waals surface area (Å²) in [5.74, 6) is 0. The Morgan fingerprint density at radius 1 is 1.33 bits per heavy atom. The monoisotopic (exact) mass is 239 g/mol. The van der Waals surface area contributed by atoms with E-state index in [0.717, 1.165) is 23.8 Å². The van der Waals surface area contributed by atoms with Crippen LogP contribution in [-0.4, -0.2) is 21.9 Å². The van der Waals surface area contributed by atoms with Crippen LogP contribution >= 0.6 is 22.7 Å². The molecule has 80 valence electrons. The van der Waals surface area contributed by atoms with Crippen molar-refractivity contribution in [3.63, 3.8) is 0 Å². The molecular weight excluding hydrogens is 226 g/mol. The molecule has 0 aliphatic carbocycles. The molecule has 0 aliphatic heterocycles. The maximum atomic E-state index is 4.27. The van der Waals surface area contributed by atoms with Gasteiger partial charge in [0, 0.05) is 29.5 Å². The number of aromatic nitrogens is 2. The van der Waals surface area contributed by atoms with E-state index in [0.29, 0.717) is 0 Å². The third-order valence-electron chi connectivity index (χ3n) is 2.01. The number of rotatable bonds is 4. The zero-order valence-corrected chi connectivity index (χ0v) is 10.4. The summed E-state index contributed by atoms with van der Waals surface area (Å²) in [5.41, 5.74) is 3.02. The minimum atomic E-state index is 0.903. The minimum absolute atomic E-state index is 0.903. The first kappa shape index (κ1) is 10.7. The van der Waals surface area contributed by atoms with Gasteiger partial charge < -0.3 is 0 Å². The average molecular weight is 239 g/mol. The lowest BCUT2D eigenvalue weighted by molar-refractivity contribution is 0.318. The zero-order chi connectivity index (χ0) is 10.7. The zero-order valence-electron chi connectivity index (χ0n) is 8.80. The van der Waals surface area contributed by atoms with E-state index in [9.17, 15) is 0 Å². The Morgan fingerprint density at radius 2 is 2.20 bits per heavy atom. The van der Waals surface area contributed by atoms with Crippen LogP contribution in [0.25, 0.3) is 0 Å². The van der Waals surface area contributed by atoms with Gasteiger partial charge in [0.05, 0.1) is 16.2 Å². The van der Waals surface area contributed by atoms with Crippen LogP contribution in [0.2, 0.25) is 0 Å². The van der Waals surface area contributed by atoms with Crippen LogP contribution in [0.1, 0.15) is 15.6 Å². The highest BCUT2D eigenvalue weighted by Gasteiger charge is 2.05. The van der Waals surface area contributed by atoms with Gasteiger partial charge >= 0.3 is 0 Å². The summed E-state index contributed by atoms with van der Waals surface area (Å²) in [4.78, 5) is 12.1. The topological polar surface area (TPSA) is 29.0 Å². The first-order valence-corrected chi connectivity index (χ1v) is 6.47. The van der Waals surface area contributed by atoms with Crippen LogP contribution < -0.4 is 0 Å². The highest BCUT2D eigenvalue weighted by Crippen LogP contribution is 2.14. The normalized spacial score (nSPS) is 11.1. The summed E-state index contributed by atoms with van der Waals surface area (Å²) in [6.07, 6.45) is 1.96. The fourth-order valence-corrected chi connectivity index (χ4v) is 2.82. The van der Waals surface area contributed by atoms with Gasteiger partial charge in [0.15, 0.2) is 0 Å². The van der Waals surface area contributed by atoms with Crippen molar-refractivity contribution in [2.75, 3.05) is 7.05 Å². The highest BCUT2D eigenvalue weighted by molar-refractivity contribution is 7.11. The second-order valence-corrected chi connectivity index (χ2v) is 5.54. The third-order valence-corrected chi connectivity index (χ3v) is 3.54. The third kappa shape index (κ3) is 3.09. The lowest BCUT2D eigenvalue weighted by Crippen LogP contribution is -2.16. The Morgan fingerprint density at radius 3 is 2.80 bits per heavy atom. The fourth-order valence-electron chi connectivity index (χ4n) is 1.39. The molecule has 0 bridgehead atoms. The van der Waals surface area contributed by atoms with Gasteiger partial charge in [-0.2, -0.15) is 0 Å². The molecule has 2 rings (SSSR count). The average Bonchev–Trinajstić information content (AvgIpc) is 2.77. The first-order chi connectivity index (χ1) is 7.24. The van der Waals surface area contributed by atoms with Gasteiger partial charge in [-0.05, 0) is 14.0 Å². The smallest absolute Gasteiger partial charge is 0.0897 e. The second kappa shape index (κ2) is 4.83. The molecule has 0 saturated carbocycles. The largest absolute Gasteiger partial charge is 0.295 e. The molecule has 0 amide bonds. The van der Waals surface area contributed by atoms with Gasteiger partial charge in [0.1, 0.15) is 0 Å². The molecule has 15 heavy (non-hydrogen) atoms. The molecule has 2 heterocycles. The van der Waals surface area contributed by atoms with Crippen molar-refractivity contribution in [2.24, 2.45) is 0 Å². The number of thiazole rings is 2. The maximum Gasteiger partial charge on any atom is 0.0897 e. The van der Waals surface area contributed by atoms with Crippen LogP contribution in [0.3, 0.4) is 0 Å². The van der Waals surface area contributed by atoms with E-state index in [4.69, 9.17) is 0 Å². The molecule has 0 radical (unpaired) electrons. The Labute approximate surface area is 97.4 Å². The molecule has 5 heteroatoms. The van der Waals surface area contributed by atoms with Crippen LogP contribution in [0.5, 0.6) is 0 Å². The van der Waals surface area contributed by atoms with E-state index in [-0.39, 0.29) is 0 Å². The summed E-state index contributed by atoms with van der Waals surface area (Å²) >= 11 is 3.40. The fraction of sp³-hybridized carbons (Fsp3) is 0.400. The second-order valence-electron chi connectivity index (χ2n) is 3.50. The molecule has 2 aromatic heterocycles. The Bertz CT molecular complexity index is 408. The van der Waals surface area contributed by atoms with Gasteiger partial charge in [0.25, 0.3) is 0 Å². The Balaban J connectivity index is 1.90.